The lowest BCUT2D eigenvalue weighted by molar-refractivity contribution is 0.0923. The van der Waals surface area contributed by atoms with E-state index in [-0.39, 0.29) is 5.91 Å². The number of hydrogen-bond donors (Lipinski definition) is 1. The monoisotopic (exact) mass is 267 g/mol. The summed E-state index contributed by atoms with van der Waals surface area (Å²) in [5, 5.41) is 5.38. The van der Waals surface area contributed by atoms with Crippen molar-refractivity contribution >= 4 is 16.7 Å². The molecule has 0 aromatic heterocycles. The third kappa shape index (κ3) is 2.69. The van der Waals surface area contributed by atoms with Gasteiger partial charge < -0.3 is 5.32 Å². The third-order valence-electron chi connectivity index (χ3n) is 4.31. The summed E-state index contributed by atoms with van der Waals surface area (Å²) in [6, 6.07) is 14.3. The predicted octanol–water partition coefficient (Wildman–Crippen LogP) is 4.15. The molecule has 104 valence electrons. The maximum absolute atomic E-state index is 12.5. The van der Waals surface area contributed by atoms with Gasteiger partial charge in [0.15, 0.2) is 0 Å². The number of carbonyl (C=O) groups excluding carboxylic acids is 1. The summed E-state index contributed by atoms with van der Waals surface area (Å²) >= 11 is 0. The molecule has 2 heteroatoms. The van der Waals surface area contributed by atoms with Crippen LogP contribution in [0.1, 0.15) is 43.0 Å². The molecule has 3 rings (SSSR count). The molecule has 0 aliphatic heterocycles. The minimum Gasteiger partial charge on any atom is -0.349 e. The number of amides is 1. The van der Waals surface area contributed by atoms with Gasteiger partial charge in [0.25, 0.3) is 5.91 Å². The van der Waals surface area contributed by atoms with Crippen molar-refractivity contribution in [1.29, 1.82) is 0 Å². The zero-order valence-electron chi connectivity index (χ0n) is 11.9. The molecule has 1 N–H and O–H groups in total. The Balaban J connectivity index is 1.82. The van der Waals surface area contributed by atoms with E-state index in [1.54, 1.807) is 0 Å². The van der Waals surface area contributed by atoms with Crippen molar-refractivity contribution in [2.24, 2.45) is 5.92 Å². The second-order valence-corrected chi connectivity index (χ2v) is 5.97. The predicted molar refractivity (Wildman–Crippen MR) is 82.8 cm³/mol. The Labute approximate surface area is 120 Å². The van der Waals surface area contributed by atoms with Gasteiger partial charge in [-0.3, -0.25) is 4.79 Å². The normalized spacial score (nSPS) is 22.6. The molecule has 2 unspecified atom stereocenters. The molecule has 1 amide bonds. The van der Waals surface area contributed by atoms with Gasteiger partial charge in [-0.05, 0) is 35.6 Å². The Bertz CT molecular complexity index is 614. The van der Waals surface area contributed by atoms with Gasteiger partial charge in [-0.15, -0.1) is 0 Å². The summed E-state index contributed by atoms with van der Waals surface area (Å²) in [6.07, 6.45) is 4.74. The fourth-order valence-corrected chi connectivity index (χ4v) is 3.25. The third-order valence-corrected chi connectivity index (χ3v) is 4.31. The van der Waals surface area contributed by atoms with E-state index in [2.05, 4.69) is 24.4 Å². The van der Waals surface area contributed by atoms with Crippen molar-refractivity contribution in [1.82, 2.24) is 5.32 Å². The van der Waals surface area contributed by atoms with Gasteiger partial charge in [0, 0.05) is 11.6 Å². The molecular formula is C18H21NO. The minimum absolute atomic E-state index is 0.0703. The fraction of sp³-hybridized carbons (Fsp3) is 0.389. The highest BCUT2D eigenvalue weighted by molar-refractivity contribution is 6.07. The van der Waals surface area contributed by atoms with E-state index in [0.29, 0.717) is 6.04 Å². The molecule has 0 radical (unpaired) electrons. The van der Waals surface area contributed by atoms with Crippen molar-refractivity contribution in [2.75, 3.05) is 0 Å². The van der Waals surface area contributed by atoms with E-state index < -0.39 is 0 Å². The summed E-state index contributed by atoms with van der Waals surface area (Å²) in [6.45, 7) is 2.27. The molecule has 1 saturated carbocycles. The van der Waals surface area contributed by atoms with Crippen LogP contribution in [0.4, 0.5) is 0 Å². The number of rotatable bonds is 2. The topological polar surface area (TPSA) is 29.1 Å². The summed E-state index contributed by atoms with van der Waals surface area (Å²) in [5.74, 6) is 0.794. The molecule has 1 aliphatic carbocycles. The van der Waals surface area contributed by atoms with Crippen molar-refractivity contribution < 1.29 is 4.79 Å². The van der Waals surface area contributed by atoms with E-state index in [4.69, 9.17) is 0 Å². The number of fused-ring (bicyclic) bond motifs is 1. The molecule has 2 nitrogen and oxygen atoms in total. The van der Waals surface area contributed by atoms with Gasteiger partial charge in [-0.2, -0.15) is 0 Å². The van der Waals surface area contributed by atoms with Crippen LogP contribution in [0.2, 0.25) is 0 Å². The molecule has 1 aliphatic rings. The first kappa shape index (κ1) is 13.2. The van der Waals surface area contributed by atoms with Crippen LogP contribution in [-0.2, 0) is 0 Å². The lowest BCUT2D eigenvalue weighted by Gasteiger charge is -2.27. The molecule has 20 heavy (non-hydrogen) atoms. The quantitative estimate of drug-likeness (QED) is 0.870. The molecule has 2 aromatic rings. The average Bonchev–Trinajstić information content (AvgIpc) is 2.46. The van der Waals surface area contributed by atoms with Gasteiger partial charge in [-0.1, -0.05) is 56.2 Å². The minimum atomic E-state index is 0.0703. The van der Waals surface area contributed by atoms with E-state index in [0.717, 1.165) is 35.1 Å². The molecule has 0 heterocycles. The number of carbonyl (C=O) groups is 1. The Kier molecular flexibility index (Phi) is 3.72. The Hall–Kier alpha value is -1.83. The van der Waals surface area contributed by atoms with Gasteiger partial charge >= 0.3 is 0 Å². The highest BCUT2D eigenvalue weighted by atomic mass is 16.1. The van der Waals surface area contributed by atoms with E-state index in [1.807, 2.05) is 30.3 Å². The van der Waals surface area contributed by atoms with Gasteiger partial charge in [0.05, 0.1) is 0 Å². The number of hydrogen-bond acceptors (Lipinski definition) is 1. The van der Waals surface area contributed by atoms with Gasteiger partial charge in [0.2, 0.25) is 0 Å². The van der Waals surface area contributed by atoms with Crippen LogP contribution in [0.3, 0.4) is 0 Å². The van der Waals surface area contributed by atoms with Crippen molar-refractivity contribution in [3.63, 3.8) is 0 Å². The zero-order valence-corrected chi connectivity index (χ0v) is 11.9. The van der Waals surface area contributed by atoms with Crippen molar-refractivity contribution in [2.45, 2.75) is 38.6 Å². The molecule has 2 aromatic carbocycles. The van der Waals surface area contributed by atoms with E-state index in [1.165, 1.54) is 12.8 Å². The van der Waals surface area contributed by atoms with Crippen LogP contribution < -0.4 is 5.32 Å². The number of nitrogens with one attached hydrogen (secondary N) is 1. The molecular weight excluding hydrogens is 246 g/mol. The highest BCUT2D eigenvalue weighted by Crippen LogP contribution is 2.24. The number of benzene rings is 2. The van der Waals surface area contributed by atoms with Crippen LogP contribution in [0.5, 0.6) is 0 Å². The zero-order chi connectivity index (χ0) is 13.9. The maximum atomic E-state index is 12.5. The maximum Gasteiger partial charge on any atom is 0.252 e. The molecule has 1 fully saturated rings. The Morgan fingerprint density at radius 2 is 1.90 bits per heavy atom. The molecule has 0 saturated heterocycles. The molecule has 0 bridgehead atoms. The van der Waals surface area contributed by atoms with E-state index >= 15 is 0 Å². The first-order valence-corrected chi connectivity index (χ1v) is 7.52. The summed E-state index contributed by atoms with van der Waals surface area (Å²) in [5.41, 5.74) is 0.793. The lowest BCUT2D eigenvalue weighted by Crippen LogP contribution is -2.38. The summed E-state index contributed by atoms with van der Waals surface area (Å²) < 4.78 is 0. The Morgan fingerprint density at radius 3 is 2.75 bits per heavy atom. The second-order valence-electron chi connectivity index (χ2n) is 5.97. The highest BCUT2D eigenvalue weighted by Gasteiger charge is 2.21. The van der Waals surface area contributed by atoms with Gasteiger partial charge in [-0.25, -0.2) is 0 Å². The van der Waals surface area contributed by atoms with Crippen LogP contribution in [0, 0.1) is 5.92 Å². The lowest BCUT2D eigenvalue weighted by atomic mass is 9.87. The van der Waals surface area contributed by atoms with Crippen molar-refractivity contribution in [3.8, 4) is 0 Å². The average molecular weight is 267 g/mol. The standard InChI is InChI=1S/C18H21NO/c1-13-6-4-9-15(12-13)19-18(20)17-11-5-8-14-7-2-3-10-16(14)17/h2-3,5,7-8,10-11,13,15H,4,6,9,12H2,1H3,(H,19,20). The SMILES string of the molecule is CC1CCCC(NC(=O)c2cccc3ccccc23)C1. The molecule has 2 atom stereocenters. The molecule has 0 spiro atoms. The Morgan fingerprint density at radius 1 is 1.10 bits per heavy atom. The first-order valence-electron chi connectivity index (χ1n) is 7.52. The van der Waals surface area contributed by atoms with Gasteiger partial charge in [0.1, 0.15) is 0 Å². The first-order chi connectivity index (χ1) is 9.74. The van der Waals surface area contributed by atoms with Crippen LogP contribution in [-0.4, -0.2) is 11.9 Å². The van der Waals surface area contributed by atoms with E-state index in [9.17, 15) is 4.79 Å². The fourth-order valence-electron chi connectivity index (χ4n) is 3.25. The second kappa shape index (κ2) is 5.66. The van der Waals surface area contributed by atoms with Crippen molar-refractivity contribution in [3.05, 3.63) is 48.0 Å². The summed E-state index contributed by atoms with van der Waals surface area (Å²) in [4.78, 5) is 12.5. The van der Waals surface area contributed by atoms with Crippen LogP contribution in [0.25, 0.3) is 10.8 Å². The van der Waals surface area contributed by atoms with Crippen LogP contribution >= 0.6 is 0 Å². The van der Waals surface area contributed by atoms with Crippen LogP contribution in [0.15, 0.2) is 42.5 Å². The largest absolute Gasteiger partial charge is 0.349 e. The summed E-state index contributed by atoms with van der Waals surface area (Å²) in [7, 11) is 0. The smallest absolute Gasteiger partial charge is 0.252 e.